The van der Waals surface area contributed by atoms with Crippen LogP contribution in [-0.4, -0.2) is 36.0 Å². The Labute approximate surface area is 108 Å². The van der Waals surface area contributed by atoms with Gasteiger partial charge >= 0.3 is 0 Å². The molecule has 2 fully saturated rings. The van der Waals surface area contributed by atoms with Gasteiger partial charge < -0.3 is 10.6 Å². The Bertz CT molecular complexity index is 228. The highest BCUT2D eigenvalue weighted by Gasteiger charge is 2.27. The average molecular weight is 265 g/mol. The highest BCUT2D eigenvalue weighted by Crippen LogP contribution is 2.26. The van der Waals surface area contributed by atoms with Crippen LogP contribution in [0.3, 0.4) is 0 Å². The first-order valence-corrected chi connectivity index (χ1v) is 7.00. The maximum atomic E-state index is 11.7. The molecule has 3 nitrogen and oxygen atoms in total. The SMILES string of the molecule is CC1CC(NC(=O)CC2CSCCN2)C1.Cl. The van der Waals surface area contributed by atoms with Crippen molar-refractivity contribution >= 4 is 30.1 Å². The predicted molar refractivity (Wildman–Crippen MR) is 71.3 cm³/mol. The van der Waals surface area contributed by atoms with Crippen LogP contribution in [0.1, 0.15) is 26.2 Å². The van der Waals surface area contributed by atoms with Gasteiger partial charge in [0.15, 0.2) is 0 Å². The molecule has 0 aromatic carbocycles. The second kappa shape index (κ2) is 6.72. The molecule has 1 aliphatic carbocycles. The molecule has 0 radical (unpaired) electrons. The summed E-state index contributed by atoms with van der Waals surface area (Å²) in [5.41, 5.74) is 0. The molecule has 2 aliphatic rings. The van der Waals surface area contributed by atoms with Crippen LogP contribution in [0.15, 0.2) is 0 Å². The maximum Gasteiger partial charge on any atom is 0.221 e. The van der Waals surface area contributed by atoms with Crippen molar-refractivity contribution in [1.82, 2.24) is 10.6 Å². The van der Waals surface area contributed by atoms with E-state index in [2.05, 4.69) is 17.6 Å². The minimum atomic E-state index is 0. The van der Waals surface area contributed by atoms with Crippen LogP contribution in [0, 0.1) is 5.92 Å². The van der Waals surface area contributed by atoms with Crippen LogP contribution in [-0.2, 0) is 4.79 Å². The third kappa shape index (κ3) is 4.15. The summed E-state index contributed by atoms with van der Waals surface area (Å²) in [6.07, 6.45) is 2.98. The highest BCUT2D eigenvalue weighted by atomic mass is 35.5. The van der Waals surface area contributed by atoms with E-state index in [0.717, 1.165) is 18.2 Å². The summed E-state index contributed by atoms with van der Waals surface area (Å²) in [6.45, 7) is 3.28. The van der Waals surface area contributed by atoms with E-state index >= 15 is 0 Å². The molecule has 1 saturated heterocycles. The number of thioether (sulfide) groups is 1. The minimum Gasteiger partial charge on any atom is -0.353 e. The molecule has 2 N–H and O–H groups in total. The van der Waals surface area contributed by atoms with E-state index in [0.29, 0.717) is 18.5 Å². The van der Waals surface area contributed by atoms with Crippen molar-refractivity contribution in [2.45, 2.75) is 38.3 Å². The molecule has 1 atom stereocenters. The summed E-state index contributed by atoms with van der Waals surface area (Å²) in [5, 5.41) is 6.49. The van der Waals surface area contributed by atoms with Crippen molar-refractivity contribution < 1.29 is 4.79 Å². The number of rotatable bonds is 3. The van der Waals surface area contributed by atoms with Crippen molar-refractivity contribution in [2.24, 2.45) is 5.92 Å². The summed E-state index contributed by atoms with van der Waals surface area (Å²) in [4.78, 5) is 11.7. The summed E-state index contributed by atoms with van der Waals surface area (Å²) >= 11 is 1.94. The third-order valence-electron chi connectivity index (χ3n) is 3.17. The van der Waals surface area contributed by atoms with Crippen LogP contribution in [0.4, 0.5) is 0 Å². The molecule has 1 heterocycles. The summed E-state index contributed by atoms with van der Waals surface area (Å²) in [5.74, 6) is 3.29. The van der Waals surface area contributed by atoms with Gasteiger partial charge in [-0.15, -0.1) is 12.4 Å². The third-order valence-corrected chi connectivity index (χ3v) is 4.30. The van der Waals surface area contributed by atoms with E-state index in [1.807, 2.05) is 11.8 Å². The van der Waals surface area contributed by atoms with Crippen LogP contribution in [0.2, 0.25) is 0 Å². The Kier molecular flexibility index (Phi) is 5.94. The second-order valence-electron chi connectivity index (χ2n) is 4.77. The normalized spacial score (nSPS) is 33.4. The van der Waals surface area contributed by atoms with Gasteiger partial charge in [0, 0.05) is 36.6 Å². The number of carbonyl (C=O) groups is 1. The number of nitrogens with one attached hydrogen (secondary N) is 2. The number of hydrogen-bond donors (Lipinski definition) is 2. The first-order valence-electron chi connectivity index (χ1n) is 5.84. The summed E-state index contributed by atoms with van der Waals surface area (Å²) < 4.78 is 0. The first-order chi connectivity index (χ1) is 7.24. The Balaban J connectivity index is 0.00000128. The molecule has 0 aromatic heterocycles. The van der Waals surface area contributed by atoms with Crippen molar-refractivity contribution in [1.29, 1.82) is 0 Å². The van der Waals surface area contributed by atoms with Crippen LogP contribution in [0.5, 0.6) is 0 Å². The van der Waals surface area contributed by atoms with Gasteiger partial charge in [0.2, 0.25) is 5.91 Å². The Morgan fingerprint density at radius 1 is 1.50 bits per heavy atom. The topological polar surface area (TPSA) is 41.1 Å². The molecule has 2 rings (SSSR count). The fraction of sp³-hybridized carbons (Fsp3) is 0.909. The lowest BCUT2D eigenvalue weighted by molar-refractivity contribution is -0.123. The van der Waals surface area contributed by atoms with E-state index in [9.17, 15) is 4.79 Å². The monoisotopic (exact) mass is 264 g/mol. The van der Waals surface area contributed by atoms with Gasteiger partial charge in [-0.2, -0.15) is 11.8 Å². The molecular weight excluding hydrogens is 244 g/mol. The fourth-order valence-corrected chi connectivity index (χ4v) is 3.23. The van der Waals surface area contributed by atoms with Crippen molar-refractivity contribution in [3.05, 3.63) is 0 Å². The van der Waals surface area contributed by atoms with E-state index in [-0.39, 0.29) is 18.3 Å². The van der Waals surface area contributed by atoms with E-state index in [1.165, 1.54) is 18.6 Å². The lowest BCUT2D eigenvalue weighted by Crippen LogP contribution is -2.47. The number of carbonyl (C=O) groups excluding carboxylic acids is 1. The molecule has 1 unspecified atom stereocenters. The van der Waals surface area contributed by atoms with Gasteiger partial charge in [-0.3, -0.25) is 4.79 Å². The standard InChI is InChI=1S/C11H20N2OS.ClH/c1-8-4-9(5-8)13-11(14)6-10-7-15-3-2-12-10;/h8-10,12H,2-7H2,1H3,(H,13,14);1H. The molecule has 0 bridgehead atoms. The zero-order chi connectivity index (χ0) is 10.7. The molecule has 94 valence electrons. The van der Waals surface area contributed by atoms with Gasteiger partial charge in [-0.25, -0.2) is 0 Å². The molecule has 5 heteroatoms. The summed E-state index contributed by atoms with van der Waals surface area (Å²) in [6, 6.07) is 0.852. The fourth-order valence-electron chi connectivity index (χ4n) is 2.28. The zero-order valence-corrected chi connectivity index (χ0v) is 11.3. The maximum absolute atomic E-state index is 11.7. The Morgan fingerprint density at radius 2 is 2.25 bits per heavy atom. The summed E-state index contributed by atoms with van der Waals surface area (Å²) in [7, 11) is 0. The second-order valence-corrected chi connectivity index (χ2v) is 5.92. The largest absolute Gasteiger partial charge is 0.353 e. The quantitative estimate of drug-likeness (QED) is 0.810. The van der Waals surface area contributed by atoms with E-state index < -0.39 is 0 Å². The Hall–Kier alpha value is 0.0700. The number of amides is 1. The van der Waals surface area contributed by atoms with Crippen molar-refractivity contribution in [2.75, 3.05) is 18.1 Å². The van der Waals surface area contributed by atoms with Gasteiger partial charge in [0.25, 0.3) is 0 Å². The molecular formula is C11H21ClN2OS. The first kappa shape index (κ1) is 14.1. The van der Waals surface area contributed by atoms with Crippen LogP contribution in [0.25, 0.3) is 0 Å². The Morgan fingerprint density at radius 3 is 2.81 bits per heavy atom. The van der Waals surface area contributed by atoms with Crippen LogP contribution >= 0.6 is 24.2 Å². The van der Waals surface area contributed by atoms with E-state index in [1.54, 1.807) is 0 Å². The predicted octanol–water partition coefficient (Wildman–Crippen LogP) is 1.42. The molecule has 0 spiro atoms. The minimum absolute atomic E-state index is 0. The van der Waals surface area contributed by atoms with Gasteiger partial charge in [0.05, 0.1) is 0 Å². The molecule has 0 aromatic rings. The smallest absolute Gasteiger partial charge is 0.221 e. The van der Waals surface area contributed by atoms with Crippen molar-refractivity contribution in [3.63, 3.8) is 0 Å². The lowest BCUT2D eigenvalue weighted by atomic mass is 9.82. The van der Waals surface area contributed by atoms with E-state index in [4.69, 9.17) is 0 Å². The molecule has 1 saturated carbocycles. The number of hydrogen-bond acceptors (Lipinski definition) is 3. The average Bonchev–Trinajstić information content (AvgIpc) is 2.17. The van der Waals surface area contributed by atoms with Gasteiger partial charge in [-0.05, 0) is 18.8 Å². The number of halogens is 1. The lowest BCUT2D eigenvalue weighted by Gasteiger charge is -2.34. The van der Waals surface area contributed by atoms with Crippen molar-refractivity contribution in [3.8, 4) is 0 Å². The molecule has 1 aliphatic heterocycles. The molecule has 16 heavy (non-hydrogen) atoms. The zero-order valence-electron chi connectivity index (χ0n) is 9.70. The van der Waals surface area contributed by atoms with Gasteiger partial charge in [-0.1, -0.05) is 6.92 Å². The van der Waals surface area contributed by atoms with Crippen LogP contribution < -0.4 is 10.6 Å². The van der Waals surface area contributed by atoms with Gasteiger partial charge in [0.1, 0.15) is 0 Å². The highest BCUT2D eigenvalue weighted by molar-refractivity contribution is 7.99. The molecule has 1 amide bonds.